The van der Waals surface area contributed by atoms with E-state index in [0.717, 1.165) is 10.9 Å². The molecule has 0 radical (unpaired) electrons. The Morgan fingerprint density at radius 2 is 1.47 bits per heavy atom. The Morgan fingerprint density at radius 1 is 0.889 bits per heavy atom. The number of carboxylic acids is 1. The van der Waals surface area contributed by atoms with Crippen molar-refractivity contribution in [3.05, 3.63) is 36.0 Å². The lowest BCUT2D eigenvalue weighted by Crippen LogP contribution is -2.58. The van der Waals surface area contributed by atoms with Crippen LogP contribution in [0.1, 0.15) is 25.3 Å². The van der Waals surface area contributed by atoms with Crippen molar-refractivity contribution in [3.63, 3.8) is 0 Å². The number of nitrogens with two attached hydrogens (primary N) is 3. The van der Waals surface area contributed by atoms with E-state index in [-0.39, 0.29) is 6.42 Å². The van der Waals surface area contributed by atoms with Crippen molar-refractivity contribution < 1.29 is 33.9 Å². The summed E-state index contributed by atoms with van der Waals surface area (Å²) in [4.78, 5) is 75.0. The van der Waals surface area contributed by atoms with Gasteiger partial charge in [0.25, 0.3) is 0 Å². The van der Waals surface area contributed by atoms with Gasteiger partial charge in [-0.1, -0.05) is 18.2 Å². The predicted molar refractivity (Wildman–Crippen MR) is 127 cm³/mol. The van der Waals surface area contributed by atoms with Gasteiger partial charge < -0.3 is 43.2 Å². The van der Waals surface area contributed by atoms with Gasteiger partial charge in [-0.3, -0.25) is 28.8 Å². The van der Waals surface area contributed by atoms with E-state index >= 15 is 0 Å². The number of fused-ring (bicyclic) bond motifs is 1. The number of aromatic nitrogens is 1. The van der Waals surface area contributed by atoms with E-state index in [0.29, 0.717) is 5.56 Å². The third kappa shape index (κ3) is 7.80. The first kappa shape index (κ1) is 27.8. The molecule has 0 bridgehead atoms. The van der Waals surface area contributed by atoms with Gasteiger partial charge in [0.15, 0.2) is 0 Å². The molecule has 0 aliphatic heterocycles. The molecule has 4 atom stereocenters. The van der Waals surface area contributed by atoms with Gasteiger partial charge in [-0.25, -0.2) is 0 Å². The first-order valence-corrected chi connectivity index (χ1v) is 10.9. The quantitative estimate of drug-likeness (QED) is 0.143. The van der Waals surface area contributed by atoms with Crippen molar-refractivity contribution in [3.8, 4) is 0 Å². The molecule has 0 aliphatic carbocycles. The van der Waals surface area contributed by atoms with Gasteiger partial charge in [-0.05, 0) is 18.6 Å². The van der Waals surface area contributed by atoms with Gasteiger partial charge in [0.2, 0.25) is 29.5 Å². The highest BCUT2D eigenvalue weighted by atomic mass is 16.4. The standard InChI is InChI=1S/C22H29N7O7/c1-10(22(35)36)27-20(33)15(6-11-9-26-14-5-3-2-4-12(11)14)29-21(34)16(8-18(25)31)28-19(32)13(23)7-17(24)30/h2-5,9-10,13,15-16,26H,6-8,23H2,1H3,(H2,24,30)(H2,25,31)(H,27,33)(H,28,32)(H,29,34)(H,35,36). The van der Waals surface area contributed by atoms with E-state index in [1.807, 2.05) is 12.1 Å². The number of nitrogens with one attached hydrogen (secondary N) is 4. The molecular formula is C22H29N7O7. The first-order valence-electron chi connectivity index (χ1n) is 10.9. The lowest BCUT2D eigenvalue weighted by Gasteiger charge is -2.24. The normalized spacial score (nSPS) is 14.2. The van der Waals surface area contributed by atoms with Gasteiger partial charge >= 0.3 is 5.97 Å². The van der Waals surface area contributed by atoms with E-state index in [1.54, 1.807) is 18.3 Å². The molecule has 4 unspecified atom stereocenters. The second-order valence-electron chi connectivity index (χ2n) is 8.20. The molecular weight excluding hydrogens is 474 g/mol. The van der Waals surface area contributed by atoms with Crippen molar-refractivity contribution in [2.24, 2.45) is 17.2 Å². The monoisotopic (exact) mass is 503 g/mol. The summed E-state index contributed by atoms with van der Waals surface area (Å²) in [6, 6.07) is 1.76. The number of benzene rings is 1. The fraction of sp³-hybridized carbons (Fsp3) is 0.364. The molecule has 36 heavy (non-hydrogen) atoms. The average molecular weight is 504 g/mol. The summed E-state index contributed by atoms with van der Waals surface area (Å²) >= 11 is 0. The number of para-hydroxylation sites is 1. The maximum absolute atomic E-state index is 13.0. The molecule has 5 amide bonds. The zero-order valence-electron chi connectivity index (χ0n) is 19.4. The van der Waals surface area contributed by atoms with Crippen LogP contribution in [0, 0.1) is 0 Å². The number of aliphatic carboxylic acids is 1. The summed E-state index contributed by atoms with van der Waals surface area (Å²) in [7, 11) is 0. The van der Waals surface area contributed by atoms with Crippen LogP contribution in [0.2, 0.25) is 0 Å². The zero-order chi connectivity index (χ0) is 27.0. The Kier molecular flexibility index (Phi) is 9.50. The lowest BCUT2D eigenvalue weighted by atomic mass is 10.0. The Bertz CT molecular complexity index is 1160. The Labute approximate surface area is 205 Å². The fourth-order valence-corrected chi connectivity index (χ4v) is 3.38. The number of hydrogen-bond acceptors (Lipinski definition) is 7. The maximum atomic E-state index is 13.0. The zero-order valence-corrected chi connectivity index (χ0v) is 19.4. The number of carboxylic acid groups (broad SMARTS) is 1. The minimum Gasteiger partial charge on any atom is -0.480 e. The van der Waals surface area contributed by atoms with E-state index in [9.17, 15) is 28.8 Å². The third-order valence-corrected chi connectivity index (χ3v) is 5.26. The van der Waals surface area contributed by atoms with Gasteiger partial charge in [-0.2, -0.15) is 0 Å². The Balaban J connectivity index is 2.28. The lowest BCUT2D eigenvalue weighted by molar-refractivity contribution is -0.142. The summed E-state index contributed by atoms with van der Waals surface area (Å²) in [5, 5.41) is 16.9. The van der Waals surface area contributed by atoms with E-state index in [4.69, 9.17) is 22.3 Å². The number of primary amides is 2. The Hall–Kier alpha value is -4.46. The number of H-pyrrole nitrogens is 1. The van der Waals surface area contributed by atoms with E-state index < -0.39 is 72.5 Å². The number of hydrogen-bond donors (Lipinski definition) is 8. The van der Waals surface area contributed by atoms with Crippen LogP contribution >= 0.6 is 0 Å². The molecule has 194 valence electrons. The van der Waals surface area contributed by atoms with Crippen LogP contribution in [-0.4, -0.2) is 69.8 Å². The molecule has 14 nitrogen and oxygen atoms in total. The minimum absolute atomic E-state index is 0.0493. The van der Waals surface area contributed by atoms with E-state index in [1.165, 1.54) is 6.92 Å². The van der Waals surface area contributed by atoms with Crippen LogP contribution in [0.3, 0.4) is 0 Å². The van der Waals surface area contributed by atoms with E-state index in [2.05, 4.69) is 20.9 Å². The van der Waals surface area contributed by atoms with Crippen LogP contribution in [0.25, 0.3) is 10.9 Å². The molecule has 11 N–H and O–H groups in total. The first-order chi connectivity index (χ1) is 16.9. The molecule has 14 heteroatoms. The highest BCUT2D eigenvalue weighted by Crippen LogP contribution is 2.19. The number of rotatable bonds is 13. The van der Waals surface area contributed by atoms with Gasteiger partial charge in [-0.15, -0.1) is 0 Å². The number of carbonyl (C=O) groups excluding carboxylic acids is 5. The second-order valence-corrected chi connectivity index (χ2v) is 8.20. The largest absolute Gasteiger partial charge is 0.480 e. The molecule has 1 heterocycles. The number of carbonyl (C=O) groups is 6. The molecule has 0 saturated heterocycles. The number of amides is 5. The molecule has 1 aromatic heterocycles. The Morgan fingerprint density at radius 3 is 2.08 bits per heavy atom. The number of aromatic amines is 1. The minimum atomic E-state index is -1.52. The summed E-state index contributed by atoms with van der Waals surface area (Å²) < 4.78 is 0. The van der Waals surface area contributed by atoms with Gasteiger partial charge in [0.05, 0.1) is 18.9 Å². The maximum Gasteiger partial charge on any atom is 0.325 e. The molecule has 1 aromatic carbocycles. The van der Waals surface area contributed by atoms with Crippen molar-refractivity contribution in [2.75, 3.05) is 0 Å². The van der Waals surface area contributed by atoms with Crippen LogP contribution in [-0.2, 0) is 35.2 Å². The smallest absolute Gasteiger partial charge is 0.325 e. The third-order valence-electron chi connectivity index (χ3n) is 5.26. The fourth-order valence-electron chi connectivity index (χ4n) is 3.38. The van der Waals surface area contributed by atoms with Crippen LogP contribution in [0.4, 0.5) is 0 Å². The van der Waals surface area contributed by atoms with Crippen molar-refractivity contribution >= 4 is 46.4 Å². The highest BCUT2D eigenvalue weighted by Gasteiger charge is 2.31. The summed E-state index contributed by atoms with van der Waals surface area (Å²) in [5.41, 5.74) is 17.2. The predicted octanol–water partition coefficient (Wildman–Crippen LogP) is -2.65. The molecule has 0 saturated carbocycles. The summed E-state index contributed by atoms with van der Waals surface area (Å²) in [5.74, 6) is -5.77. The van der Waals surface area contributed by atoms with Crippen molar-refractivity contribution in [1.82, 2.24) is 20.9 Å². The molecule has 0 aliphatic rings. The van der Waals surface area contributed by atoms with Crippen molar-refractivity contribution in [1.29, 1.82) is 0 Å². The highest BCUT2D eigenvalue weighted by molar-refractivity contribution is 5.97. The van der Waals surface area contributed by atoms with Crippen LogP contribution < -0.4 is 33.2 Å². The molecule has 0 fully saturated rings. The summed E-state index contributed by atoms with van der Waals surface area (Å²) in [6.07, 6.45) is 0.457. The molecule has 0 spiro atoms. The topological polar surface area (TPSA) is 253 Å². The summed E-state index contributed by atoms with van der Waals surface area (Å²) in [6.45, 7) is 1.25. The molecule has 2 aromatic rings. The average Bonchev–Trinajstić information content (AvgIpc) is 3.20. The van der Waals surface area contributed by atoms with Gasteiger partial charge in [0.1, 0.15) is 18.1 Å². The van der Waals surface area contributed by atoms with Crippen LogP contribution in [0.5, 0.6) is 0 Å². The van der Waals surface area contributed by atoms with Crippen LogP contribution in [0.15, 0.2) is 30.5 Å². The van der Waals surface area contributed by atoms with Crippen molar-refractivity contribution in [2.45, 2.75) is 50.4 Å². The molecule has 2 rings (SSSR count). The second kappa shape index (κ2) is 12.3. The van der Waals surface area contributed by atoms with Gasteiger partial charge in [0, 0.05) is 23.5 Å². The SMILES string of the molecule is CC(NC(=O)C(Cc1c[nH]c2ccccc12)NC(=O)C(CC(N)=O)NC(=O)C(N)CC(N)=O)C(=O)O.